The number of aromatic nitrogens is 1. The molecule has 0 fully saturated rings. The maximum Gasteiger partial charge on any atom is 0.240 e. The van der Waals surface area contributed by atoms with Crippen molar-refractivity contribution in [1.82, 2.24) is 9.99 Å². The van der Waals surface area contributed by atoms with E-state index in [1.165, 1.54) is 24.1 Å². The van der Waals surface area contributed by atoms with Gasteiger partial charge in [0, 0.05) is 30.4 Å². The number of halogens is 2. The number of rotatable bonds is 3. The molecule has 0 saturated carbocycles. The summed E-state index contributed by atoms with van der Waals surface area (Å²) < 4.78 is 18.5. The normalized spacial score (nSPS) is 16.4. The first-order valence-corrected chi connectivity index (χ1v) is 9.11. The average Bonchev–Trinajstić information content (AvgIpc) is 3.13. The summed E-state index contributed by atoms with van der Waals surface area (Å²) in [5.41, 5.74) is 2.89. The highest BCUT2D eigenvalue weighted by atomic mass is 35.5. The number of amides is 1. The van der Waals surface area contributed by atoms with Gasteiger partial charge in [-0.25, -0.2) is 14.4 Å². The summed E-state index contributed by atoms with van der Waals surface area (Å²) >= 11 is 6.47. The van der Waals surface area contributed by atoms with Gasteiger partial charge in [-0.2, -0.15) is 5.10 Å². The highest BCUT2D eigenvalue weighted by molar-refractivity contribution is 6.30. The SMILES string of the molecule is COc1ccc2cc([C@H]3CC(c4ccc(F)cc4)=NN3C(C)=O)c(Cl)nc2c1. The molecular formula is C21H17ClFN3O2. The summed E-state index contributed by atoms with van der Waals surface area (Å²) in [6.07, 6.45) is 0.467. The number of benzene rings is 2. The first kappa shape index (κ1) is 18.4. The summed E-state index contributed by atoms with van der Waals surface area (Å²) in [4.78, 5) is 16.7. The van der Waals surface area contributed by atoms with E-state index in [0.29, 0.717) is 28.6 Å². The Morgan fingerprint density at radius 2 is 1.96 bits per heavy atom. The molecule has 0 spiro atoms. The number of carbonyl (C=O) groups excluding carboxylic acids is 1. The molecule has 28 heavy (non-hydrogen) atoms. The molecule has 2 aromatic carbocycles. The summed E-state index contributed by atoms with van der Waals surface area (Å²) in [6.45, 7) is 1.46. The Bertz CT molecular complexity index is 1100. The lowest BCUT2D eigenvalue weighted by Gasteiger charge is -2.21. The molecular weight excluding hydrogens is 381 g/mol. The summed E-state index contributed by atoms with van der Waals surface area (Å²) in [6, 6.07) is 13.2. The van der Waals surface area contributed by atoms with Gasteiger partial charge in [-0.3, -0.25) is 4.79 Å². The van der Waals surface area contributed by atoms with Crippen molar-refractivity contribution in [3.63, 3.8) is 0 Å². The predicted octanol–water partition coefficient (Wildman–Crippen LogP) is 4.73. The zero-order chi connectivity index (χ0) is 19.8. The van der Waals surface area contributed by atoms with Crippen LogP contribution in [0.1, 0.15) is 30.5 Å². The highest BCUT2D eigenvalue weighted by Crippen LogP contribution is 2.37. The van der Waals surface area contributed by atoms with Gasteiger partial charge in [0.1, 0.15) is 16.7 Å². The Morgan fingerprint density at radius 3 is 2.64 bits per heavy atom. The van der Waals surface area contributed by atoms with Crippen LogP contribution in [0.3, 0.4) is 0 Å². The van der Waals surface area contributed by atoms with Crippen LogP contribution in [0, 0.1) is 5.82 Å². The Morgan fingerprint density at radius 1 is 1.21 bits per heavy atom. The largest absolute Gasteiger partial charge is 0.497 e. The van der Waals surface area contributed by atoms with Gasteiger partial charge in [0.15, 0.2) is 0 Å². The maximum atomic E-state index is 13.2. The number of pyridine rings is 1. The van der Waals surface area contributed by atoms with Crippen LogP contribution < -0.4 is 4.74 Å². The van der Waals surface area contributed by atoms with Gasteiger partial charge in [0.2, 0.25) is 5.91 Å². The second-order valence-corrected chi connectivity index (χ2v) is 6.92. The number of methoxy groups -OCH3 is 1. The lowest BCUT2D eigenvalue weighted by atomic mass is 9.98. The summed E-state index contributed by atoms with van der Waals surface area (Å²) in [7, 11) is 1.59. The molecule has 1 aromatic heterocycles. The van der Waals surface area contributed by atoms with Crippen molar-refractivity contribution in [1.29, 1.82) is 0 Å². The molecule has 3 aromatic rings. The van der Waals surface area contributed by atoms with Crippen molar-refractivity contribution in [3.8, 4) is 5.75 Å². The first-order chi connectivity index (χ1) is 13.5. The molecule has 0 bridgehead atoms. The third-order valence-electron chi connectivity index (χ3n) is 4.77. The quantitative estimate of drug-likeness (QED) is 0.600. The fourth-order valence-corrected chi connectivity index (χ4v) is 3.63. The van der Waals surface area contributed by atoms with Gasteiger partial charge in [-0.05, 0) is 35.9 Å². The van der Waals surface area contributed by atoms with Crippen LogP contribution in [-0.4, -0.2) is 28.7 Å². The highest BCUT2D eigenvalue weighted by Gasteiger charge is 2.33. The predicted molar refractivity (Wildman–Crippen MR) is 106 cm³/mol. The van der Waals surface area contributed by atoms with Crippen molar-refractivity contribution in [2.45, 2.75) is 19.4 Å². The summed E-state index contributed by atoms with van der Waals surface area (Å²) in [5, 5.41) is 7.08. The average molecular weight is 398 g/mol. The maximum absolute atomic E-state index is 13.2. The van der Waals surface area contributed by atoms with Crippen molar-refractivity contribution >= 4 is 34.1 Å². The zero-order valence-electron chi connectivity index (χ0n) is 15.3. The molecule has 0 saturated heterocycles. The van der Waals surface area contributed by atoms with Crippen LogP contribution in [0.5, 0.6) is 5.75 Å². The molecule has 5 nitrogen and oxygen atoms in total. The van der Waals surface area contributed by atoms with Crippen LogP contribution >= 0.6 is 11.6 Å². The molecule has 0 radical (unpaired) electrons. The van der Waals surface area contributed by atoms with E-state index in [9.17, 15) is 9.18 Å². The number of fused-ring (bicyclic) bond motifs is 1. The minimum absolute atomic E-state index is 0.201. The minimum Gasteiger partial charge on any atom is -0.497 e. The molecule has 4 rings (SSSR count). The summed E-state index contributed by atoms with van der Waals surface area (Å²) in [5.74, 6) is 0.171. The molecule has 2 heterocycles. The van der Waals surface area contributed by atoms with Crippen LogP contribution in [0.2, 0.25) is 5.15 Å². The monoisotopic (exact) mass is 397 g/mol. The van der Waals surface area contributed by atoms with E-state index in [4.69, 9.17) is 16.3 Å². The number of hydrogen-bond donors (Lipinski definition) is 0. The standard InChI is InChI=1S/C21H17ClFN3O2/c1-12(27)26-20(11-19(25-26)13-3-6-15(23)7-4-13)17-9-14-5-8-16(28-2)10-18(14)24-21(17)22/h3-10,20H,11H2,1-2H3/t20-/m1/s1. The van der Waals surface area contributed by atoms with E-state index in [1.54, 1.807) is 19.2 Å². The minimum atomic E-state index is -0.371. The molecule has 0 N–H and O–H groups in total. The Labute approximate surface area is 166 Å². The smallest absolute Gasteiger partial charge is 0.240 e. The topological polar surface area (TPSA) is 54.8 Å². The van der Waals surface area contributed by atoms with E-state index in [0.717, 1.165) is 16.5 Å². The fourth-order valence-electron chi connectivity index (χ4n) is 3.36. The third kappa shape index (κ3) is 3.31. The van der Waals surface area contributed by atoms with Gasteiger partial charge in [0.05, 0.1) is 24.4 Å². The van der Waals surface area contributed by atoms with Crippen molar-refractivity contribution in [2.75, 3.05) is 7.11 Å². The number of hydrazone groups is 1. The third-order valence-corrected chi connectivity index (χ3v) is 5.08. The number of carbonyl (C=O) groups is 1. The molecule has 1 atom stereocenters. The second-order valence-electron chi connectivity index (χ2n) is 6.56. The Balaban J connectivity index is 1.74. The molecule has 0 unspecified atom stereocenters. The number of hydrogen-bond acceptors (Lipinski definition) is 4. The van der Waals surface area contributed by atoms with E-state index < -0.39 is 0 Å². The van der Waals surface area contributed by atoms with E-state index in [1.807, 2.05) is 24.3 Å². The number of nitrogens with zero attached hydrogens (tertiary/aromatic N) is 3. The van der Waals surface area contributed by atoms with Gasteiger partial charge >= 0.3 is 0 Å². The Hall–Kier alpha value is -2.99. The first-order valence-electron chi connectivity index (χ1n) is 8.73. The van der Waals surface area contributed by atoms with E-state index >= 15 is 0 Å². The van der Waals surface area contributed by atoms with Crippen LogP contribution in [0.15, 0.2) is 53.6 Å². The van der Waals surface area contributed by atoms with Crippen LogP contribution in [0.4, 0.5) is 4.39 Å². The van der Waals surface area contributed by atoms with Crippen molar-refractivity contribution in [2.24, 2.45) is 5.10 Å². The molecule has 1 amide bonds. The second kappa shape index (κ2) is 7.20. The van der Waals surface area contributed by atoms with Crippen LogP contribution in [-0.2, 0) is 4.79 Å². The van der Waals surface area contributed by atoms with Crippen molar-refractivity contribution in [3.05, 3.63) is 70.6 Å². The lowest BCUT2D eigenvalue weighted by molar-refractivity contribution is -0.130. The number of ether oxygens (including phenoxy) is 1. The van der Waals surface area contributed by atoms with E-state index in [-0.39, 0.29) is 17.8 Å². The molecule has 142 valence electrons. The van der Waals surface area contributed by atoms with E-state index in [2.05, 4.69) is 10.1 Å². The molecule has 1 aliphatic heterocycles. The van der Waals surface area contributed by atoms with Gasteiger partial charge in [-0.1, -0.05) is 23.7 Å². The Kier molecular flexibility index (Phi) is 4.73. The van der Waals surface area contributed by atoms with Gasteiger partial charge < -0.3 is 4.74 Å². The van der Waals surface area contributed by atoms with Crippen molar-refractivity contribution < 1.29 is 13.9 Å². The van der Waals surface area contributed by atoms with Crippen LogP contribution in [0.25, 0.3) is 10.9 Å². The fraction of sp³-hybridized carbons (Fsp3) is 0.190. The lowest BCUT2D eigenvalue weighted by Crippen LogP contribution is -2.24. The molecule has 0 aliphatic carbocycles. The molecule has 1 aliphatic rings. The zero-order valence-corrected chi connectivity index (χ0v) is 16.1. The van der Waals surface area contributed by atoms with Gasteiger partial charge in [-0.15, -0.1) is 0 Å². The molecule has 7 heteroatoms. The van der Waals surface area contributed by atoms with Gasteiger partial charge in [0.25, 0.3) is 0 Å².